The fraction of sp³-hybridized carbons (Fsp3) is 0.259. The predicted octanol–water partition coefficient (Wildman–Crippen LogP) is 5.54. The van der Waals surface area contributed by atoms with Crippen LogP contribution in [0, 0.1) is 5.82 Å². The smallest absolute Gasteiger partial charge is 0.343 e. The molecular formula is C27H26BrFN4O4. The summed E-state index contributed by atoms with van der Waals surface area (Å²) in [5.74, 6) is -1.81. The number of carbonyl (C=O) groups excluding carboxylic acids is 3. The van der Waals surface area contributed by atoms with Crippen LogP contribution < -0.4 is 20.3 Å². The van der Waals surface area contributed by atoms with E-state index in [4.69, 9.17) is 4.74 Å². The molecular weight excluding hydrogens is 543 g/mol. The summed E-state index contributed by atoms with van der Waals surface area (Å²) in [6, 6.07) is 11.8. The number of anilines is 2. The molecule has 1 aliphatic carbocycles. The minimum Gasteiger partial charge on any atom is -0.422 e. The maximum absolute atomic E-state index is 15.2. The zero-order valence-electron chi connectivity index (χ0n) is 20.5. The van der Waals surface area contributed by atoms with Gasteiger partial charge in [0.05, 0.1) is 11.1 Å². The van der Waals surface area contributed by atoms with Gasteiger partial charge in [0.2, 0.25) is 0 Å². The first-order valence-corrected chi connectivity index (χ1v) is 12.5. The van der Waals surface area contributed by atoms with Crippen LogP contribution in [0.5, 0.6) is 5.75 Å². The van der Waals surface area contributed by atoms with Gasteiger partial charge in [-0.25, -0.2) is 19.0 Å². The Morgan fingerprint density at radius 3 is 2.62 bits per heavy atom. The number of pyridine rings is 1. The number of ketones is 1. The maximum Gasteiger partial charge on any atom is 0.343 e. The van der Waals surface area contributed by atoms with Crippen molar-refractivity contribution >= 4 is 45.2 Å². The molecule has 10 heteroatoms. The minimum absolute atomic E-state index is 0.100. The highest BCUT2D eigenvalue weighted by Crippen LogP contribution is 2.47. The summed E-state index contributed by atoms with van der Waals surface area (Å²) < 4.78 is 21.6. The van der Waals surface area contributed by atoms with Gasteiger partial charge in [-0.15, -0.1) is 0 Å². The second kappa shape index (κ2) is 11.1. The van der Waals surface area contributed by atoms with Crippen molar-refractivity contribution in [1.29, 1.82) is 0 Å². The number of Topliss-reactive ketones (excluding diaryl/α,β-unsaturated/α-hetero) is 1. The van der Waals surface area contributed by atoms with Crippen LogP contribution in [0.2, 0.25) is 0 Å². The fourth-order valence-corrected chi connectivity index (χ4v) is 4.18. The third-order valence-corrected chi connectivity index (χ3v) is 6.47. The number of nitrogens with zero attached hydrogens (tertiary/aromatic N) is 2. The van der Waals surface area contributed by atoms with Gasteiger partial charge in [0.25, 0.3) is 0 Å². The molecule has 0 radical (unpaired) electrons. The molecule has 0 unspecified atom stereocenters. The quantitative estimate of drug-likeness (QED) is 0.210. The van der Waals surface area contributed by atoms with Gasteiger partial charge in [0.1, 0.15) is 17.4 Å². The van der Waals surface area contributed by atoms with E-state index >= 15 is 4.39 Å². The SMILES string of the molecule is CCC(=O)c1ccc(F)c([C@@H]2C[C@@H]2NC(=O)Nc2ccc(Br)cn2)c1OC(=O)c1cccc(N(C)C)c1. The van der Waals surface area contributed by atoms with Crippen molar-refractivity contribution in [2.45, 2.75) is 31.7 Å². The number of ether oxygens (including phenoxy) is 1. The van der Waals surface area contributed by atoms with E-state index < -0.39 is 29.8 Å². The molecule has 3 aromatic rings. The summed E-state index contributed by atoms with van der Waals surface area (Å²) in [5.41, 5.74) is 1.29. The first-order chi connectivity index (χ1) is 17.7. The second-order valence-electron chi connectivity index (χ2n) is 8.86. The number of aromatic nitrogens is 1. The van der Waals surface area contributed by atoms with Crippen LogP contribution in [-0.4, -0.2) is 42.9 Å². The van der Waals surface area contributed by atoms with E-state index in [0.717, 1.165) is 10.2 Å². The van der Waals surface area contributed by atoms with Crippen LogP contribution in [-0.2, 0) is 0 Å². The third kappa shape index (κ3) is 6.14. The van der Waals surface area contributed by atoms with Gasteiger partial charge >= 0.3 is 12.0 Å². The lowest BCUT2D eigenvalue weighted by atomic mass is 9.99. The van der Waals surface area contributed by atoms with Crippen LogP contribution in [0.1, 0.15) is 52.0 Å². The Hall–Kier alpha value is -3.79. The highest BCUT2D eigenvalue weighted by Gasteiger charge is 2.44. The average Bonchev–Trinajstić information content (AvgIpc) is 3.63. The average molecular weight is 569 g/mol. The Morgan fingerprint density at radius 2 is 1.95 bits per heavy atom. The van der Waals surface area contributed by atoms with Gasteiger partial charge in [-0.2, -0.15) is 0 Å². The van der Waals surface area contributed by atoms with Crippen molar-refractivity contribution in [3.05, 3.63) is 81.7 Å². The molecule has 8 nitrogen and oxygen atoms in total. The molecule has 0 bridgehead atoms. The molecule has 192 valence electrons. The van der Waals surface area contributed by atoms with E-state index in [2.05, 4.69) is 31.5 Å². The van der Waals surface area contributed by atoms with Crippen molar-refractivity contribution in [3.63, 3.8) is 0 Å². The molecule has 2 amide bonds. The van der Waals surface area contributed by atoms with Crippen LogP contribution in [0.4, 0.5) is 20.7 Å². The van der Waals surface area contributed by atoms with E-state index in [1.54, 1.807) is 43.5 Å². The van der Waals surface area contributed by atoms with Crippen LogP contribution >= 0.6 is 15.9 Å². The van der Waals surface area contributed by atoms with Gasteiger partial charge in [0.15, 0.2) is 5.78 Å². The zero-order valence-corrected chi connectivity index (χ0v) is 22.1. The Labute approximate surface area is 222 Å². The number of halogens is 2. The molecule has 4 rings (SSSR count). The first-order valence-electron chi connectivity index (χ1n) is 11.7. The van der Waals surface area contributed by atoms with Crippen LogP contribution in [0.25, 0.3) is 0 Å². The number of hydrogen-bond donors (Lipinski definition) is 2. The summed E-state index contributed by atoms with van der Waals surface area (Å²) in [4.78, 5) is 44.1. The lowest BCUT2D eigenvalue weighted by molar-refractivity contribution is 0.0730. The summed E-state index contributed by atoms with van der Waals surface area (Å²) in [5, 5.41) is 5.42. The Bertz CT molecular complexity index is 1350. The fourth-order valence-electron chi connectivity index (χ4n) is 3.95. The van der Waals surface area contributed by atoms with Crippen molar-refractivity contribution in [3.8, 4) is 5.75 Å². The second-order valence-corrected chi connectivity index (χ2v) is 9.77. The summed E-state index contributed by atoms with van der Waals surface area (Å²) >= 11 is 3.28. The zero-order chi connectivity index (χ0) is 26.7. The number of hydrogen-bond acceptors (Lipinski definition) is 6. The Kier molecular flexibility index (Phi) is 7.87. The van der Waals surface area contributed by atoms with Gasteiger partial charge in [-0.05, 0) is 64.8 Å². The minimum atomic E-state index is -0.704. The van der Waals surface area contributed by atoms with Crippen LogP contribution in [0.3, 0.4) is 0 Å². The van der Waals surface area contributed by atoms with Crippen molar-refractivity contribution in [1.82, 2.24) is 10.3 Å². The van der Waals surface area contributed by atoms with Crippen molar-refractivity contribution < 1.29 is 23.5 Å². The first kappa shape index (κ1) is 26.3. The third-order valence-electron chi connectivity index (χ3n) is 6.00. The van der Waals surface area contributed by atoms with Crippen LogP contribution in [0.15, 0.2) is 59.2 Å². The Morgan fingerprint density at radius 1 is 1.16 bits per heavy atom. The number of rotatable bonds is 8. The summed E-state index contributed by atoms with van der Waals surface area (Å²) in [6.07, 6.45) is 2.12. The number of benzene rings is 2. The van der Waals surface area contributed by atoms with Gasteiger partial charge < -0.3 is 15.0 Å². The Balaban J connectivity index is 1.58. The number of carbonyl (C=O) groups is 3. The molecule has 1 aliphatic rings. The van der Waals surface area contributed by atoms with Crippen molar-refractivity contribution in [2.75, 3.05) is 24.3 Å². The monoisotopic (exact) mass is 568 g/mol. The lowest BCUT2D eigenvalue weighted by Crippen LogP contribution is -2.31. The number of amides is 2. The molecule has 1 aromatic heterocycles. The van der Waals surface area contributed by atoms with Gasteiger partial charge in [0, 0.05) is 54.4 Å². The summed E-state index contributed by atoms with van der Waals surface area (Å²) in [7, 11) is 3.69. The molecule has 1 heterocycles. The number of urea groups is 1. The largest absolute Gasteiger partial charge is 0.422 e. The standard InChI is InChI=1S/C27H26BrFN4O4/c1-4-22(34)18-9-10-20(29)24(25(18)37-26(35)15-6-5-7-17(12-15)33(2)3)19-13-21(19)31-27(36)32-23-11-8-16(28)14-30-23/h5-12,14,19,21H,4,13H2,1-3H3,(H2,30,31,32,36)/t19-,21+/m1/s1. The normalized spacial score (nSPS) is 16.0. The molecule has 37 heavy (non-hydrogen) atoms. The molecule has 2 aromatic carbocycles. The van der Waals surface area contributed by atoms with Gasteiger partial charge in [-0.1, -0.05) is 13.0 Å². The maximum atomic E-state index is 15.2. The van der Waals surface area contributed by atoms with E-state index in [0.29, 0.717) is 12.2 Å². The van der Waals surface area contributed by atoms with E-state index in [-0.39, 0.29) is 34.6 Å². The highest BCUT2D eigenvalue weighted by molar-refractivity contribution is 9.10. The number of esters is 1. The molecule has 0 spiro atoms. The van der Waals surface area contributed by atoms with Gasteiger partial charge in [-0.3, -0.25) is 10.1 Å². The molecule has 0 saturated heterocycles. The van der Waals surface area contributed by atoms with E-state index in [1.165, 1.54) is 12.1 Å². The topological polar surface area (TPSA) is 101 Å². The molecule has 1 fully saturated rings. The molecule has 2 N–H and O–H groups in total. The summed E-state index contributed by atoms with van der Waals surface area (Å²) in [6.45, 7) is 1.68. The highest BCUT2D eigenvalue weighted by atomic mass is 79.9. The van der Waals surface area contributed by atoms with E-state index in [1.807, 2.05) is 25.1 Å². The lowest BCUT2D eigenvalue weighted by Gasteiger charge is -2.17. The molecule has 2 atom stereocenters. The van der Waals surface area contributed by atoms with Crippen molar-refractivity contribution in [2.24, 2.45) is 0 Å². The number of nitrogens with one attached hydrogen (secondary N) is 2. The predicted molar refractivity (Wildman–Crippen MR) is 142 cm³/mol. The van der Waals surface area contributed by atoms with E-state index in [9.17, 15) is 14.4 Å². The molecule has 1 saturated carbocycles. The molecule has 0 aliphatic heterocycles.